The van der Waals surface area contributed by atoms with Crippen LogP contribution in [0.1, 0.15) is 13.8 Å². The van der Waals surface area contributed by atoms with Gasteiger partial charge in [-0.05, 0) is 13.8 Å². The molecule has 0 saturated heterocycles. The fraction of sp³-hybridized carbons (Fsp3) is 0.500. The molecule has 0 rings (SSSR count). The van der Waals surface area contributed by atoms with E-state index < -0.39 is 35.0 Å². The van der Waals surface area contributed by atoms with Gasteiger partial charge < -0.3 is 0 Å². The van der Waals surface area contributed by atoms with Crippen molar-refractivity contribution >= 4 is 11.8 Å². The molecule has 0 fully saturated rings. The van der Waals surface area contributed by atoms with Gasteiger partial charge in [0, 0.05) is 21.6 Å². The number of alkyl halides is 5. The zero-order chi connectivity index (χ0) is 14.0. The first kappa shape index (κ1) is 19.3. The molecule has 0 heterocycles. The molecular formula is C8H6CuF6O3. The summed E-state index contributed by atoms with van der Waals surface area (Å²) in [5.74, 6) is -10.8. The summed E-state index contributed by atoms with van der Waals surface area (Å²) in [6.07, 6.45) is -6.18. The van der Waals surface area contributed by atoms with Crippen molar-refractivity contribution in [1.82, 2.24) is 0 Å². The molecule has 1 radical (unpaired) electrons. The van der Waals surface area contributed by atoms with Crippen molar-refractivity contribution in [3.63, 3.8) is 0 Å². The fourth-order valence-electron chi connectivity index (χ4n) is 0.848. The van der Waals surface area contributed by atoms with Crippen LogP contribution in [-0.4, -0.2) is 23.9 Å². The molecule has 0 aromatic rings. The Kier molecular flexibility index (Phi) is 6.69. The smallest absolute Gasteiger partial charge is 0.287 e. The Morgan fingerprint density at radius 1 is 1.00 bits per heavy atom. The maximum Gasteiger partial charge on any atom is 0.461 e. The molecule has 10 heteroatoms. The van der Waals surface area contributed by atoms with E-state index in [1.165, 1.54) is 0 Å². The number of rotatable bonds is 3. The van der Waals surface area contributed by atoms with Crippen LogP contribution in [0.3, 0.4) is 0 Å². The molecule has 0 saturated carbocycles. The topological polar surface area (TPSA) is 43.4 Å². The Morgan fingerprint density at radius 2 is 1.39 bits per heavy atom. The van der Waals surface area contributed by atoms with Crippen LogP contribution in [0.25, 0.3) is 0 Å². The summed E-state index contributed by atoms with van der Waals surface area (Å²) in [5, 5.41) is 0. The second kappa shape index (κ2) is 6.24. The van der Waals surface area contributed by atoms with Gasteiger partial charge in [0.25, 0.3) is 0 Å². The monoisotopic (exact) mass is 327 g/mol. The number of Topliss-reactive ketones (excluding diaryl/α,β-unsaturated/α-hetero) is 1. The van der Waals surface area contributed by atoms with Crippen molar-refractivity contribution in [2.75, 3.05) is 0 Å². The van der Waals surface area contributed by atoms with Gasteiger partial charge in [0.05, 0.1) is 0 Å². The van der Waals surface area contributed by atoms with E-state index in [1.807, 2.05) is 0 Å². The molecule has 0 aromatic heterocycles. The quantitative estimate of drug-likeness (QED) is 0.263. The van der Waals surface area contributed by atoms with Crippen molar-refractivity contribution in [3.8, 4) is 0 Å². The Bertz CT molecular complexity index is 370. The van der Waals surface area contributed by atoms with Gasteiger partial charge in [0.15, 0.2) is 0 Å². The predicted octanol–water partition coefficient (Wildman–Crippen LogP) is 2.51. The minimum Gasteiger partial charge on any atom is -0.287 e. The first-order valence-electron chi connectivity index (χ1n) is 3.96. The number of ketones is 1. The molecular weight excluding hydrogens is 322 g/mol. The Hall–Kier alpha value is -1.02. The van der Waals surface area contributed by atoms with Gasteiger partial charge in [0.1, 0.15) is 5.57 Å². The molecule has 3 nitrogen and oxygen atoms in total. The van der Waals surface area contributed by atoms with Crippen molar-refractivity contribution in [1.29, 1.82) is 0 Å². The Labute approximate surface area is 108 Å². The number of halogens is 6. The minimum absolute atomic E-state index is 0. The van der Waals surface area contributed by atoms with Crippen molar-refractivity contribution in [2.45, 2.75) is 25.9 Å². The molecule has 0 bridgehead atoms. The van der Waals surface area contributed by atoms with Crippen molar-refractivity contribution in [2.24, 2.45) is 0 Å². The van der Waals surface area contributed by atoms with Gasteiger partial charge >= 0.3 is 18.1 Å². The standard InChI is InChI=1S/C8H6F6O3.Cu/c1-3(2)4(6(16)17-14)5(15)7(9,10)8(11,12)13;/h1-2H3;. The van der Waals surface area contributed by atoms with E-state index in [0.29, 0.717) is 0 Å². The van der Waals surface area contributed by atoms with Crippen LogP contribution >= 0.6 is 0 Å². The van der Waals surface area contributed by atoms with E-state index in [2.05, 4.69) is 4.94 Å². The molecule has 18 heavy (non-hydrogen) atoms. The molecule has 109 valence electrons. The van der Waals surface area contributed by atoms with Crippen LogP contribution in [-0.2, 0) is 31.6 Å². The molecule has 0 aromatic carbocycles. The number of allylic oxidation sites excluding steroid dienone is 1. The van der Waals surface area contributed by atoms with E-state index in [-0.39, 0.29) is 17.1 Å². The van der Waals surface area contributed by atoms with Crippen LogP contribution in [0.4, 0.5) is 26.5 Å². The largest absolute Gasteiger partial charge is 0.461 e. The summed E-state index contributed by atoms with van der Waals surface area (Å²) in [4.78, 5) is 23.9. The van der Waals surface area contributed by atoms with E-state index >= 15 is 0 Å². The molecule has 0 N–H and O–H groups in total. The SMILES string of the molecule is CC(C)=C(C(=O)OF)C(=O)C(F)(F)C(F)(F)F.[Cu]. The molecule has 0 amide bonds. The summed E-state index contributed by atoms with van der Waals surface area (Å²) >= 11 is 0. The van der Waals surface area contributed by atoms with Gasteiger partial charge in [-0.15, -0.1) is 0 Å². The average molecular weight is 328 g/mol. The minimum atomic E-state index is -6.18. The average Bonchev–Trinajstić information content (AvgIpc) is 2.15. The molecule has 0 atom stereocenters. The third kappa shape index (κ3) is 3.74. The van der Waals surface area contributed by atoms with Gasteiger partial charge in [-0.2, -0.15) is 22.0 Å². The van der Waals surface area contributed by atoms with Crippen molar-refractivity contribution in [3.05, 3.63) is 11.1 Å². The Balaban J connectivity index is 0. The zero-order valence-corrected chi connectivity index (χ0v) is 9.74. The van der Waals surface area contributed by atoms with Crippen LogP contribution in [0.5, 0.6) is 0 Å². The summed E-state index contributed by atoms with van der Waals surface area (Å²) in [5.41, 5.74) is -2.20. The van der Waals surface area contributed by atoms with Crippen LogP contribution in [0.2, 0.25) is 0 Å². The molecule has 0 aliphatic carbocycles. The number of carbonyl (C=O) groups excluding carboxylic acids is 2. The summed E-state index contributed by atoms with van der Waals surface area (Å²) in [6, 6.07) is 0. The number of carbonyl (C=O) groups is 2. The molecule has 0 aliphatic rings. The van der Waals surface area contributed by atoms with Crippen LogP contribution in [0.15, 0.2) is 11.1 Å². The first-order chi connectivity index (χ1) is 7.46. The zero-order valence-electron chi connectivity index (χ0n) is 8.79. The molecule has 0 aliphatic heterocycles. The maximum absolute atomic E-state index is 12.6. The molecule has 0 unspecified atom stereocenters. The number of hydrogen-bond acceptors (Lipinski definition) is 3. The van der Waals surface area contributed by atoms with Gasteiger partial charge in [-0.1, -0.05) is 5.57 Å². The molecule has 0 spiro atoms. The normalized spacial score (nSPS) is 11.3. The predicted molar refractivity (Wildman–Crippen MR) is 41.6 cm³/mol. The second-order valence-corrected chi connectivity index (χ2v) is 3.14. The fourth-order valence-corrected chi connectivity index (χ4v) is 0.848. The Morgan fingerprint density at radius 3 is 1.61 bits per heavy atom. The van der Waals surface area contributed by atoms with Gasteiger partial charge in [-0.3, -0.25) is 4.79 Å². The summed E-state index contributed by atoms with van der Waals surface area (Å²) in [7, 11) is 0. The van der Waals surface area contributed by atoms with Crippen molar-refractivity contribution < 1.29 is 58.1 Å². The van der Waals surface area contributed by atoms with E-state index in [9.17, 15) is 36.1 Å². The third-order valence-electron chi connectivity index (χ3n) is 1.64. The van der Waals surface area contributed by atoms with Gasteiger partial charge in [-0.25, -0.2) is 9.74 Å². The second-order valence-electron chi connectivity index (χ2n) is 3.14. The maximum atomic E-state index is 12.6. The summed E-state index contributed by atoms with van der Waals surface area (Å²) < 4.78 is 72.2. The first-order valence-corrected chi connectivity index (χ1v) is 3.96. The van der Waals surface area contributed by atoms with E-state index in [0.717, 1.165) is 13.8 Å². The third-order valence-corrected chi connectivity index (χ3v) is 1.64. The van der Waals surface area contributed by atoms with E-state index in [1.54, 1.807) is 0 Å². The summed E-state index contributed by atoms with van der Waals surface area (Å²) in [6.45, 7) is 1.77. The van der Waals surface area contributed by atoms with Crippen LogP contribution < -0.4 is 0 Å². The van der Waals surface area contributed by atoms with E-state index in [4.69, 9.17) is 0 Å². The number of hydrogen-bond donors (Lipinski definition) is 0. The van der Waals surface area contributed by atoms with Gasteiger partial charge in [0.2, 0.25) is 5.78 Å². The van der Waals surface area contributed by atoms with Crippen LogP contribution in [0, 0.1) is 0 Å².